The average Bonchev–Trinajstić information content (AvgIpc) is 2.44. The summed E-state index contributed by atoms with van der Waals surface area (Å²) in [7, 11) is 3.26. The van der Waals surface area contributed by atoms with Crippen LogP contribution in [0, 0.1) is 0 Å². The fraction of sp³-hybridized carbons (Fsp3) is 0.562. The van der Waals surface area contributed by atoms with Gasteiger partial charge in [0.25, 0.3) is 0 Å². The minimum Gasteiger partial charge on any atom is -0.497 e. The van der Waals surface area contributed by atoms with E-state index in [9.17, 15) is 4.79 Å². The van der Waals surface area contributed by atoms with Gasteiger partial charge in [-0.3, -0.25) is 4.79 Å². The van der Waals surface area contributed by atoms with E-state index in [0.29, 0.717) is 19.6 Å². The van der Waals surface area contributed by atoms with Crippen molar-refractivity contribution in [1.82, 2.24) is 10.6 Å². The second kappa shape index (κ2) is 7.88. The molecule has 0 spiro atoms. The molecule has 0 atom stereocenters. The summed E-state index contributed by atoms with van der Waals surface area (Å²) in [5.74, 6) is 1.54. The van der Waals surface area contributed by atoms with E-state index in [1.165, 1.54) is 0 Å². The number of hydrogen-bond acceptors (Lipinski definition) is 4. The molecule has 1 rings (SSSR count). The molecule has 5 heteroatoms. The van der Waals surface area contributed by atoms with Gasteiger partial charge in [-0.15, -0.1) is 0 Å². The van der Waals surface area contributed by atoms with Gasteiger partial charge in [0.1, 0.15) is 11.5 Å². The Kier molecular flexibility index (Phi) is 6.49. The smallest absolute Gasteiger partial charge is 0.223 e. The minimum absolute atomic E-state index is 0.0163. The number of carbonyl (C=O) groups excluding carboxylic acids is 1. The summed E-state index contributed by atoms with van der Waals surface area (Å²) in [5.41, 5.74) is 1.03. The molecule has 118 valence electrons. The predicted molar refractivity (Wildman–Crippen MR) is 83.8 cm³/mol. The van der Waals surface area contributed by atoms with E-state index >= 15 is 0 Å². The second-order valence-electron chi connectivity index (χ2n) is 5.85. The number of methoxy groups -OCH3 is 1. The summed E-state index contributed by atoms with van der Waals surface area (Å²) in [4.78, 5) is 11.2. The van der Waals surface area contributed by atoms with E-state index in [1.807, 2.05) is 18.2 Å². The van der Waals surface area contributed by atoms with Crippen molar-refractivity contribution in [2.75, 3.05) is 20.8 Å². The van der Waals surface area contributed by atoms with Gasteiger partial charge in [0, 0.05) is 24.7 Å². The topological polar surface area (TPSA) is 59.6 Å². The highest BCUT2D eigenvalue weighted by Crippen LogP contribution is 2.25. The first-order valence-corrected chi connectivity index (χ1v) is 7.11. The highest BCUT2D eigenvalue weighted by Gasteiger charge is 2.12. The van der Waals surface area contributed by atoms with Crippen molar-refractivity contribution in [3.63, 3.8) is 0 Å². The summed E-state index contributed by atoms with van der Waals surface area (Å²) in [6.45, 7) is 7.36. The SMILES string of the molecule is CNC(=O)CCOc1ccc(OC)cc1CNC(C)(C)C. The molecule has 21 heavy (non-hydrogen) atoms. The number of ether oxygens (including phenoxy) is 2. The van der Waals surface area contributed by atoms with Crippen LogP contribution in [0.25, 0.3) is 0 Å². The quantitative estimate of drug-likeness (QED) is 0.808. The van der Waals surface area contributed by atoms with Crippen LogP contribution >= 0.6 is 0 Å². The molecule has 0 radical (unpaired) electrons. The normalized spacial score (nSPS) is 11.1. The molecule has 1 amide bonds. The van der Waals surface area contributed by atoms with Crippen LogP contribution < -0.4 is 20.1 Å². The van der Waals surface area contributed by atoms with Crippen molar-refractivity contribution < 1.29 is 14.3 Å². The second-order valence-corrected chi connectivity index (χ2v) is 5.85. The minimum atomic E-state index is -0.0297. The molecule has 0 saturated heterocycles. The molecule has 1 aromatic rings. The van der Waals surface area contributed by atoms with E-state index in [2.05, 4.69) is 31.4 Å². The third-order valence-electron chi connectivity index (χ3n) is 2.94. The van der Waals surface area contributed by atoms with Gasteiger partial charge in [0.15, 0.2) is 0 Å². The van der Waals surface area contributed by atoms with Crippen LogP contribution in [0.4, 0.5) is 0 Å². The maximum absolute atomic E-state index is 11.2. The molecule has 0 heterocycles. The van der Waals surface area contributed by atoms with E-state index in [-0.39, 0.29) is 11.4 Å². The zero-order valence-corrected chi connectivity index (χ0v) is 13.6. The summed E-state index contributed by atoms with van der Waals surface area (Å²) in [5, 5.41) is 6.00. The monoisotopic (exact) mass is 294 g/mol. The molecule has 0 aliphatic rings. The first-order valence-electron chi connectivity index (χ1n) is 7.11. The standard InChI is InChI=1S/C16H26N2O3/c1-16(2,3)18-11-12-10-13(20-5)6-7-14(12)21-9-8-15(19)17-4/h6-7,10,18H,8-9,11H2,1-5H3,(H,17,19). The van der Waals surface area contributed by atoms with Crippen molar-refractivity contribution in [2.45, 2.75) is 39.3 Å². The van der Waals surface area contributed by atoms with E-state index in [4.69, 9.17) is 9.47 Å². The number of benzene rings is 1. The van der Waals surface area contributed by atoms with E-state index in [0.717, 1.165) is 17.1 Å². The van der Waals surface area contributed by atoms with Gasteiger partial charge in [0.2, 0.25) is 5.91 Å². The lowest BCUT2D eigenvalue weighted by molar-refractivity contribution is -0.121. The van der Waals surface area contributed by atoms with Crippen molar-refractivity contribution in [2.24, 2.45) is 0 Å². The van der Waals surface area contributed by atoms with E-state index in [1.54, 1.807) is 14.2 Å². The van der Waals surface area contributed by atoms with E-state index < -0.39 is 0 Å². The van der Waals surface area contributed by atoms with Gasteiger partial charge in [0.05, 0.1) is 20.1 Å². The van der Waals surface area contributed by atoms with Crippen LogP contribution in [-0.2, 0) is 11.3 Å². The largest absolute Gasteiger partial charge is 0.497 e. The zero-order valence-electron chi connectivity index (χ0n) is 13.6. The molecule has 0 aromatic heterocycles. The van der Waals surface area contributed by atoms with Gasteiger partial charge < -0.3 is 20.1 Å². The fourth-order valence-corrected chi connectivity index (χ4v) is 1.70. The van der Waals surface area contributed by atoms with Gasteiger partial charge in [-0.2, -0.15) is 0 Å². The molecule has 0 saturated carbocycles. The summed E-state index contributed by atoms with van der Waals surface area (Å²) in [6.07, 6.45) is 0.342. The maximum Gasteiger partial charge on any atom is 0.223 e. The van der Waals surface area contributed by atoms with Crippen LogP contribution in [0.15, 0.2) is 18.2 Å². The van der Waals surface area contributed by atoms with Crippen LogP contribution in [0.2, 0.25) is 0 Å². The lowest BCUT2D eigenvalue weighted by Gasteiger charge is -2.22. The summed E-state index contributed by atoms with van der Waals surface area (Å²) >= 11 is 0. The molecule has 0 aliphatic carbocycles. The molecule has 2 N–H and O–H groups in total. The molecule has 1 aromatic carbocycles. The third-order valence-corrected chi connectivity index (χ3v) is 2.94. The number of nitrogens with one attached hydrogen (secondary N) is 2. The Bertz CT molecular complexity index is 467. The van der Waals surface area contributed by atoms with Gasteiger partial charge in [-0.25, -0.2) is 0 Å². The first kappa shape index (κ1) is 17.3. The number of hydrogen-bond donors (Lipinski definition) is 2. The molecule has 0 bridgehead atoms. The highest BCUT2D eigenvalue weighted by atomic mass is 16.5. The maximum atomic E-state index is 11.2. The fourth-order valence-electron chi connectivity index (χ4n) is 1.70. The van der Waals surface area contributed by atoms with Gasteiger partial charge in [-0.1, -0.05) is 0 Å². The number of rotatable bonds is 7. The van der Waals surface area contributed by atoms with Crippen LogP contribution in [0.5, 0.6) is 11.5 Å². The Morgan fingerprint density at radius 3 is 2.57 bits per heavy atom. The highest BCUT2D eigenvalue weighted by molar-refractivity contribution is 5.75. The molecule has 0 fully saturated rings. The average molecular weight is 294 g/mol. The van der Waals surface area contributed by atoms with Crippen molar-refractivity contribution in [1.29, 1.82) is 0 Å². The van der Waals surface area contributed by atoms with Crippen molar-refractivity contribution in [3.8, 4) is 11.5 Å². The number of carbonyl (C=O) groups is 1. The predicted octanol–water partition coefficient (Wildman–Crippen LogP) is 2.10. The van der Waals surface area contributed by atoms with Crippen molar-refractivity contribution >= 4 is 5.91 Å². The molecule has 0 aliphatic heterocycles. The van der Waals surface area contributed by atoms with Crippen LogP contribution in [-0.4, -0.2) is 32.2 Å². The Morgan fingerprint density at radius 2 is 2.00 bits per heavy atom. The van der Waals surface area contributed by atoms with Crippen LogP contribution in [0.1, 0.15) is 32.8 Å². The summed E-state index contributed by atoms with van der Waals surface area (Å²) in [6, 6.07) is 5.69. The Hall–Kier alpha value is -1.75. The van der Waals surface area contributed by atoms with Gasteiger partial charge >= 0.3 is 0 Å². The molecular weight excluding hydrogens is 268 g/mol. The zero-order chi connectivity index (χ0) is 15.9. The lowest BCUT2D eigenvalue weighted by Crippen LogP contribution is -2.35. The first-order chi connectivity index (χ1) is 9.85. The Labute approximate surface area is 127 Å². The van der Waals surface area contributed by atoms with Crippen LogP contribution in [0.3, 0.4) is 0 Å². The molecule has 5 nitrogen and oxygen atoms in total. The third kappa shape index (κ3) is 6.49. The Morgan fingerprint density at radius 1 is 1.29 bits per heavy atom. The van der Waals surface area contributed by atoms with Gasteiger partial charge in [-0.05, 0) is 39.0 Å². The number of amides is 1. The summed E-state index contributed by atoms with van der Waals surface area (Å²) < 4.78 is 11.0. The Balaban J connectivity index is 2.74. The van der Waals surface area contributed by atoms with Crippen molar-refractivity contribution in [3.05, 3.63) is 23.8 Å². The molecular formula is C16H26N2O3. The molecule has 0 unspecified atom stereocenters. The lowest BCUT2D eigenvalue weighted by atomic mass is 10.1.